The van der Waals surface area contributed by atoms with E-state index in [-0.39, 0.29) is 32.8 Å². The van der Waals surface area contributed by atoms with E-state index in [0.717, 1.165) is 27.8 Å². The van der Waals surface area contributed by atoms with E-state index in [0.29, 0.717) is 13.2 Å². The zero-order valence-electron chi connectivity index (χ0n) is 33.9. The topological polar surface area (TPSA) is 100 Å². The summed E-state index contributed by atoms with van der Waals surface area (Å²) in [6, 6.07) is 49.1. The third-order valence-electron chi connectivity index (χ3n) is 10.6. The number of rotatable bonds is 21. The van der Waals surface area contributed by atoms with Crippen LogP contribution in [0.4, 0.5) is 0 Å². The van der Waals surface area contributed by atoms with Crippen LogP contribution in [-0.2, 0) is 73.9 Å². The normalized spacial score (nSPS) is 22.8. The number of esters is 1. The van der Waals surface area contributed by atoms with Crippen LogP contribution in [-0.4, -0.2) is 69.2 Å². The fraction of sp³-hybridized carbons (Fsp3) is 0.340. The molecular formula is C50H54O10. The molecule has 7 rings (SSSR count). The minimum absolute atomic E-state index is 0.0218. The highest BCUT2D eigenvalue weighted by atomic mass is 16.8. The van der Waals surface area contributed by atoms with Gasteiger partial charge < -0.3 is 42.6 Å². The molecule has 0 spiro atoms. The van der Waals surface area contributed by atoms with Crippen LogP contribution in [0.5, 0.6) is 0 Å². The Morgan fingerprint density at radius 1 is 0.700 bits per heavy atom. The number of ether oxygens (including phenoxy) is 9. The first-order chi connectivity index (χ1) is 29.6. The summed E-state index contributed by atoms with van der Waals surface area (Å²) in [7, 11) is 1.57. The number of carbonyl (C=O) groups is 1. The van der Waals surface area contributed by atoms with E-state index < -0.39 is 61.1 Å². The van der Waals surface area contributed by atoms with Gasteiger partial charge in [-0.15, -0.1) is 6.58 Å². The van der Waals surface area contributed by atoms with Crippen LogP contribution in [0.3, 0.4) is 0 Å². The van der Waals surface area contributed by atoms with E-state index in [2.05, 4.69) is 6.58 Å². The van der Waals surface area contributed by atoms with Crippen LogP contribution in [0, 0.1) is 5.92 Å². The lowest BCUT2D eigenvalue weighted by Gasteiger charge is -2.49. The summed E-state index contributed by atoms with van der Waals surface area (Å²) in [5.41, 5.74) is 4.73. The lowest BCUT2D eigenvalue weighted by Crippen LogP contribution is -2.60. The first-order valence-corrected chi connectivity index (χ1v) is 20.5. The Hall–Kier alpha value is -5.01. The van der Waals surface area contributed by atoms with Crippen molar-refractivity contribution in [1.29, 1.82) is 0 Å². The molecule has 2 aliphatic heterocycles. The smallest absolute Gasteiger partial charge is 0.306 e. The molecule has 2 saturated heterocycles. The van der Waals surface area contributed by atoms with Crippen molar-refractivity contribution in [1.82, 2.24) is 0 Å². The molecule has 314 valence electrons. The third kappa shape index (κ3) is 12.1. The van der Waals surface area contributed by atoms with Crippen LogP contribution < -0.4 is 0 Å². The molecule has 0 aliphatic carbocycles. The monoisotopic (exact) mass is 814 g/mol. The molecule has 0 N–H and O–H groups in total. The summed E-state index contributed by atoms with van der Waals surface area (Å²) in [5, 5.41) is 0. The van der Waals surface area contributed by atoms with Crippen LogP contribution in [0.2, 0.25) is 0 Å². The summed E-state index contributed by atoms with van der Waals surface area (Å²) in [6.45, 7) is 5.47. The molecule has 60 heavy (non-hydrogen) atoms. The van der Waals surface area contributed by atoms with E-state index in [1.807, 2.05) is 152 Å². The Balaban J connectivity index is 1.17. The van der Waals surface area contributed by atoms with Gasteiger partial charge in [-0.3, -0.25) is 4.79 Å². The van der Waals surface area contributed by atoms with Gasteiger partial charge >= 0.3 is 5.97 Å². The lowest BCUT2D eigenvalue weighted by molar-refractivity contribution is -0.356. The van der Waals surface area contributed by atoms with Gasteiger partial charge in [-0.1, -0.05) is 158 Å². The Morgan fingerprint density at radius 2 is 1.23 bits per heavy atom. The predicted molar refractivity (Wildman–Crippen MR) is 225 cm³/mol. The maximum Gasteiger partial charge on any atom is 0.306 e. The molecule has 0 amide bonds. The summed E-state index contributed by atoms with van der Waals surface area (Å²) in [4.78, 5) is 14.6. The number of hydrogen-bond donors (Lipinski definition) is 0. The molecule has 0 aromatic heterocycles. The van der Waals surface area contributed by atoms with Crippen molar-refractivity contribution in [2.75, 3.05) is 20.3 Å². The first-order valence-electron chi connectivity index (χ1n) is 20.5. The van der Waals surface area contributed by atoms with Crippen LogP contribution >= 0.6 is 0 Å². The van der Waals surface area contributed by atoms with Crippen molar-refractivity contribution >= 4 is 5.97 Å². The number of carbonyl (C=O) groups excluding carboxylic acids is 1. The molecule has 2 heterocycles. The fourth-order valence-electron chi connectivity index (χ4n) is 7.57. The van der Waals surface area contributed by atoms with Gasteiger partial charge in [0.25, 0.3) is 0 Å². The van der Waals surface area contributed by atoms with Gasteiger partial charge in [-0.2, -0.15) is 0 Å². The van der Waals surface area contributed by atoms with Crippen molar-refractivity contribution in [2.24, 2.45) is 5.92 Å². The second-order valence-electron chi connectivity index (χ2n) is 14.9. The van der Waals surface area contributed by atoms with E-state index in [1.54, 1.807) is 13.2 Å². The highest BCUT2D eigenvalue weighted by Crippen LogP contribution is 2.40. The number of fused-ring (bicyclic) bond motifs is 1. The largest absolute Gasteiger partial charge is 0.457 e. The highest BCUT2D eigenvalue weighted by molar-refractivity contribution is 5.70. The van der Waals surface area contributed by atoms with Gasteiger partial charge in [-0.05, 0) is 22.3 Å². The zero-order chi connectivity index (χ0) is 41.4. The second-order valence-corrected chi connectivity index (χ2v) is 14.9. The van der Waals surface area contributed by atoms with Gasteiger partial charge in [-0.25, -0.2) is 0 Å². The summed E-state index contributed by atoms with van der Waals surface area (Å²) >= 11 is 0. The maximum atomic E-state index is 14.6. The maximum absolute atomic E-state index is 14.6. The molecule has 10 nitrogen and oxygen atoms in total. The van der Waals surface area contributed by atoms with E-state index in [1.165, 1.54) is 0 Å². The number of methoxy groups -OCH3 is 1. The Labute approximate surface area is 352 Å². The molecular weight excluding hydrogens is 761 g/mol. The quantitative estimate of drug-likeness (QED) is 0.0530. The molecule has 9 atom stereocenters. The number of benzene rings is 5. The second kappa shape index (κ2) is 22.6. The number of hydrogen-bond acceptors (Lipinski definition) is 10. The summed E-state index contributed by atoms with van der Waals surface area (Å²) in [6.07, 6.45) is -4.10. The van der Waals surface area contributed by atoms with Crippen molar-refractivity contribution in [3.05, 3.63) is 192 Å². The molecule has 0 saturated carbocycles. The Bertz CT molecular complexity index is 1980. The molecule has 5 aromatic rings. The molecule has 5 aromatic carbocycles. The molecule has 0 bridgehead atoms. The van der Waals surface area contributed by atoms with Crippen molar-refractivity contribution in [3.63, 3.8) is 0 Å². The van der Waals surface area contributed by atoms with Gasteiger partial charge in [0.1, 0.15) is 24.4 Å². The predicted octanol–water partition coefficient (Wildman–Crippen LogP) is 8.55. The van der Waals surface area contributed by atoms with Crippen molar-refractivity contribution in [3.8, 4) is 0 Å². The minimum atomic E-state index is -0.908. The minimum Gasteiger partial charge on any atom is -0.457 e. The van der Waals surface area contributed by atoms with Gasteiger partial charge in [0.2, 0.25) is 0 Å². The fourth-order valence-corrected chi connectivity index (χ4v) is 7.57. The van der Waals surface area contributed by atoms with Gasteiger partial charge in [0, 0.05) is 18.6 Å². The van der Waals surface area contributed by atoms with E-state index in [4.69, 9.17) is 42.6 Å². The average Bonchev–Trinajstić information content (AvgIpc) is 3.30. The van der Waals surface area contributed by atoms with E-state index in [9.17, 15) is 4.79 Å². The first kappa shape index (κ1) is 43.1. The standard InChI is InChI=1S/C50H54O10/c1-3-42(54-31-37-21-11-5-12-22-37)48(56-33-39-25-15-7-16-26-39)43(34-53-30-36-19-9-4-10-20-36)58-45(51)29-41-46-44(35-57-49(60-46)40-27-17-8-18-28-40)59-50(52-2)47(41)55-32-38-23-13-6-14-24-38/h3-28,41-44,46-50H,1,29-35H2,2H3/t41-,42+,43+,44+,46-,47+,48-,49?,50-/m0/s1. The molecule has 0 radical (unpaired) electrons. The highest BCUT2D eigenvalue weighted by Gasteiger charge is 2.52. The lowest BCUT2D eigenvalue weighted by atomic mass is 9.85. The molecule has 1 unspecified atom stereocenters. The SMILES string of the molecule is C=C[C@@H](OCc1ccccc1)[C@H](OCc1ccccc1)[C@@H](COCc1ccccc1)OC(=O)C[C@@H]1[C@@H](OCc2ccccc2)[C@@H](OC)O[C@@H]2COC(c3ccccc3)O[C@@H]12. The molecule has 2 aliphatic rings. The van der Waals surface area contributed by atoms with Gasteiger partial charge in [0.15, 0.2) is 18.7 Å². The van der Waals surface area contributed by atoms with E-state index >= 15 is 0 Å². The molecule has 2 fully saturated rings. The van der Waals surface area contributed by atoms with Crippen LogP contribution in [0.25, 0.3) is 0 Å². The Morgan fingerprint density at radius 3 is 1.80 bits per heavy atom. The summed E-state index contributed by atoms with van der Waals surface area (Å²) < 4.78 is 57.7. The van der Waals surface area contributed by atoms with Crippen LogP contribution in [0.1, 0.15) is 40.5 Å². The van der Waals surface area contributed by atoms with Crippen LogP contribution in [0.15, 0.2) is 164 Å². The Kier molecular flexibility index (Phi) is 16.2. The van der Waals surface area contributed by atoms with Crippen molar-refractivity contribution < 1.29 is 47.4 Å². The average molecular weight is 815 g/mol. The van der Waals surface area contributed by atoms with Gasteiger partial charge in [0.05, 0.1) is 52.2 Å². The summed E-state index contributed by atoms with van der Waals surface area (Å²) in [5.74, 6) is -1.05. The third-order valence-corrected chi connectivity index (χ3v) is 10.6. The molecule has 10 heteroatoms. The van der Waals surface area contributed by atoms with Crippen molar-refractivity contribution in [2.45, 2.75) is 82.1 Å². The zero-order valence-corrected chi connectivity index (χ0v) is 33.9.